The molecule has 0 bridgehead atoms. The highest BCUT2D eigenvalue weighted by Gasteiger charge is 2.30. The first-order valence-corrected chi connectivity index (χ1v) is 9.48. The fraction of sp³-hybridized carbons (Fsp3) is 0.167. The average molecular weight is 447 g/mol. The van der Waals surface area contributed by atoms with Crippen molar-refractivity contribution in [3.63, 3.8) is 0 Å². The molecule has 0 aliphatic carbocycles. The monoisotopic (exact) mass is 445 g/mol. The zero-order chi connectivity index (χ0) is 18.0. The molecular weight excluding hydrogens is 435 g/mol. The van der Waals surface area contributed by atoms with E-state index in [-0.39, 0.29) is 0 Å². The lowest BCUT2D eigenvalue weighted by Crippen LogP contribution is -2.03. The number of benzene rings is 2. The van der Waals surface area contributed by atoms with Gasteiger partial charge >= 0.3 is 6.18 Å². The predicted molar refractivity (Wildman–Crippen MR) is 99.1 cm³/mol. The number of rotatable bonds is 4. The summed E-state index contributed by atoms with van der Waals surface area (Å²) in [6.07, 6.45) is -3.71. The first-order valence-electron chi connectivity index (χ1n) is 7.33. The molecule has 0 unspecified atom stereocenters. The number of halogens is 5. The number of nitrogens with zero attached hydrogens (tertiary/aromatic N) is 1. The van der Waals surface area contributed by atoms with Gasteiger partial charge in [-0.15, -0.1) is 22.9 Å². The van der Waals surface area contributed by atoms with Crippen LogP contribution in [-0.4, -0.2) is 4.98 Å². The van der Waals surface area contributed by atoms with Crippen LogP contribution in [0.4, 0.5) is 13.2 Å². The van der Waals surface area contributed by atoms with Gasteiger partial charge in [-0.2, -0.15) is 13.2 Å². The van der Waals surface area contributed by atoms with Gasteiger partial charge in [0.25, 0.3) is 0 Å². The molecule has 1 heterocycles. The molecule has 0 radical (unpaired) electrons. The van der Waals surface area contributed by atoms with E-state index in [0.717, 1.165) is 32.7 Å². The largest absolute Gasteiger partial charge is 0.416 e. The third kappa shape index (κ3) is 4.43. The maximum absolute atomic E-state index is 12.7. The van der Waals surface area contributed by atoms with Crippen molar-refractivity contribution in [1.29, 1.82) is 0 Å². The van der Waals surface area contributed by atoms with Gasteiger partial charge < -0.3 is 0 Å². The fourth-order valence-electron chi connectivity index (χ4n) is 2.35. The highest BCUT2D eigenvalue weighted by Crippen LogP contribution is 2.34. The molecule has 0 saturated heterocycles. The summed E-state index contributed by atoms with van der Waals surface area (Å²) in [7, 11) is 0. The van der Waals surface area contributed by atoms with Crippen LogP contribution < -0.4 is 0 Å². The number of alkyl halides is 4. The Morgan fingerprint density at radius 3 is 2.20 bits per heavy atom. The zero-order valence-corrected chi connectivity index (χ0v) is 15.9. The molecule has 0 spiro atoms. The van der Waals surface area contributed by atoms with Crippen molar-refractivity contribution in [3.8, 4) is 10.6 Å². The van der Waals surface area contributed by atoms with E-state index in [4.69, 9.17) is 11.6 Å². The Labute approximate surface area is 160 Å². The quantitative estimate of drug-likeness (QED) is 0.396. The second kappa shape index (κ2) is 7.48. The first-order chi connectivity index (χ1) is 11.9. The van der Waals surface area contributed by atoms with Gasteiger partial charge in [-0.05, 0) is 29.8 Å². The van der Waals surface area contributed by atoms with Crippen LogP contribution in [0, 0.1) is 0 Å². The number of hydrogen-bond donors (Lipinski definition) is 0. The minimum Gasteiger partial charge on any atom is -0.240 e. The Hall–Kier alpha value is -1.37. The summed E-state index contributed by atoms with van der Waals surface area (Å²) < 4.78 is 39.0. The van der Waals surface area contributed by atoms with Gasteiger partial charge in [-0.25, -0.2) is 4.98 Å². The van der Waals surface area contributed by atoms with Gasteiger partial charge in [0.1, 0.15) is 5.01 Å². The van der Waals surface area contributed by atoms with Crippen LogP contribution in [-0.2, 0) is 18.5 Å². The second-order valence-corrected chi connectivity index (χ2v) is 7.67. The van der Waals surface area contributed by atoms with Crippen LogP contribution in [0.25, 0.3) is 10.6 Å². The molecule has 0 atom stereocenters. The molecule has 0 fully saturated rings. The summed E-state index contributed by atoms with van der Waals surface area (Å²) in [6.45, 7) is 0. The molecule has 0 amide bonds. The van der Waals surface area contributed by atoms with Crippen LogP contribution in [0.2, 0.25) is 0 Å². The molecule has 130 valence electrons. The Balaban J connectivity index is 1.88. The maximum Gasteiger partial charge on any atom is 0.416 e. The molecule has 0 saturated carbocycles. The molecule has 0 aliphatic rings. The lowest BCUT2D eigenvalue weighted by atomic mass is 10.1. The average Bonchev–Trinajstić information content (AvgIpc) is 2.99. The van der Waals surface area contributed by atoms with E-state index in [0.29, 0.717) is 22.9 Å². The third-order valence-electron chi connectivity index (χ3n) is 3.64. The van der Waals surface area contributed by atoms with Crippen LogP contribution >= 0.6 is 38.9 Å². The van der Waals surface area contributed by atoms with Crippen molar-refractivity contribution in [2.75, 3.05) is 0 Å². The van der Waals surface area contributed by atoms with E-state index in [2.05, 4.69) is 20.9 Å². The second-order valence-electron chi connectivity index (χ2n) is 5.40. The number of hydrogen-bond acceptors (Lipinski definition) is 2. The maximum atomic E-state index is 12.7. The highest BCUT2D eigenvalue weighted by atomic mass is 79.9. The third-order valence-corrected chi connectivity index (χ3v) is 5.74. The first kappa shape index (κ1) is 18.4. The van der Waals surface area contributed by atoms with Crippen LogP contribution in [0.15, 0.2) is 53.0 Å². The summed E-state index contributed by atoms with van der Waals surface area (Å²) in [5.41, 5.74) is 1.95. The fourth-order valence-corrected chi connectivity index (χ4v) is 3.86. The van der Waals surface area contributed by atoms with Crippen molar-refractivity contribution in [3.05, 3.63) is 74.7 Å². The minimum absolute atomic E-state index is 0.324. The molecular formula is C18H12BrClF3NS. The normalized spacial score (nSPS) is 11.7. The summed E-state index contributed by atoms with van der Waals surface area (Å²) in [6, 6.07) is 13.0. The topological polar surface area (TPSA) is 12.9 Å². The van der Waals surface area contributed by atoms with Crippen molar-refractivity contribution < 1.29 is 13.2 Å². The van der Waals surface area contributed by atoms with Crippen molar-refractivity contribution in [2.45, 2.75) is 18.5 Å². The summed E-state index contributed by atoms with van der Waals surface area (Å²) in [4.78, 5) is 5.53. The summed E-state index contributed by atoms with van der Waals surface area (Å²) in [5.74, 6) is 0.324. The zero-order valence-electron chi connectivity index (χ0n) is 12.8. The van der Waals surface area contributed by atoms with Gasteiger partial charge in [0.05, 0.1) is 17.1 Å². The predicted octanol–water partition coefficient (Wildman–Crippen LogP) is 6.92. The SMILES string of the molecule is FC(F)(F)c1ccc(-c2nc(Cc3ccc(Br)cc3)c(CCl)s2)cc1. The lowest BCUT2D eigenvalue weighted by molar-refractivity contribution is -0.137. The highest BCUT2D eigenvalue weighted by molar-refractivity contribution is 9.10. The Morgan fingerprint density at radius 1 is 1.00 bits per heavy atom. The van der Waals surface area contributed by atoms with E-state index in [1.54, 1.807) is 0 Å². The Morgan fingerprint density at radius 2 is 1.64 bits per heavy atom. The van der Waals surface area contributed by atoms with Crippen molar-refractivity contribution >= 4 is 38.9 Å². The molecule has 1 aromatic heterocycles. The number of aromatic nitrogens is 1. The minimum atomic E-state index is -4.34. The van der Waals surface area contributed by atoms with E-state index in [1.807, 2.05) is 24.3 Å². The molecule has 25 heavy (non-hydrogen) atoms. The molecule has 0 aliphatic heterocycles. The number of thiazole rings is 1. The van der Waals surface area contributed by atoms with E-state index in [1.165, 1.54) is 23.5 Å². The molecule has 3 rings (SSSR count). The standard InChI is InChI=1S/C18H12BrClF3NS/c19-14-7-1-11(2-8-14)9-15-16(10-20)25-17(24-15)12-3-5-13(6-4-12)18(21,22)23/h1-8H,9-10H2. The summed E-state index contributed by atoms with van der Waals surface area (Å²) >= 11 is 10.8. The van der Waals surface area contributed by atoms with Gasteiger partial charge in [-0.1, -0.05) is 40.2 Å². The van der Waals surface area contributed by atoms with E-state index >= 15 is 0 Å². The summed E-state index contributed by atoms with van der Waals surface area (Å²) in [5, 5.41) is 0.677. The van der Waals surface area contributed by atoms with Gasteiger partial charge in [0.15, 0.2) is 0 Å². The van der Waals surface area contributed by atoms with Crippen LogP contribution in [0.3, 0.4) is 0 Å². The van der Waals surface area contributed by atoms with Crippen LogP contribution in [0.5, 0.6) is 0 Å². The molecule has 1 nitrogen and oxygen atoms in total. The molecule has 3 aromatic rings. The molecule has 2 aromatic carbocycles. The smallest absolute Gasteiger partial charge is 0.240 e. The van der Waals surface area contributed by atoms with Gasteiger partial charge in [0, 0.05) is 21.3 Å². The van der Waals surface area contributed by atoms with E-state index < -0.39 is 11.7 Å². The van der Waals surface area contributed by atoms with Crippen molar-refractivity contribution in [2.24, 2.45) is 0 Å². The van der Waals surface area contributed by atoms with Crippen molar-refractivity contribution in [1.82, 2.24) is 4.98 Å². The van der Waals surface area contributed by atoms with Gasteiger partial charge in [-0.3, -0.25) is 0 Å². The van der Waals surface area contributed by atoms with E-state index in [9.17, 15) is 13.2 Å². The Kier molecular flexibility index (Phi) is 5.51. The lowest BCUT2D eigenvalue weighted by Gasteiger charge is -2.06. The van der Waals surface area contributed by atoms with Crippen LogP contribution in [0.1, 0.15) is 21.7 Å². The Bertz CT molecular complexity index is 858. The molecule has 7 heteroatoms. The van der Waals surface area contributed by atoms with Gasteiger partial charge in [0.2, 0.25) is 0 Å². The molecule has 0 N–H and O–H groups in total.